The number of fused-ring (bicyclic) bond motifs is 5. The summed E-state index contributed by atoms with van der Waals surface area (Å²) in [4.78, 5) is 19.8. The molecule has 0 saturated carbocycles. The molecule has 0 aliphatic carbocycles. The first-order chi connectivity index (χ1) is 23.5. The Bertz CT molecular complexity index is 2100. The summed E-state index contributed by atoms with van der Waals surface area (Å²) in [6, 6.07) is 32.9. The van der Waals surface area contributed by atoms with Crippen LogP contribution in [0.4, 0.5) is 5.69 Å². The molecule has 240 valence electrons. The summed E-state index contributed by atoms with van der Waals surface area (Å²) in [6.07, 6.45) is 4.59. The number of benzene rings is 5. The highest BCUT2D eigenvalue weighted by Crippen LogP contribution is 2.39. The van der Waals surface area contributed by atoms with E-state index in [1.54, 1.807) is 13.2 Å². The summed E-state index contributed by atoms with van der Waals surface area (Å²) in [5.74, 6) is 1.13. The SMILES string of the molecule is COc1cc2c(cc1OCCCn1c3ccc(-c4ccc(Cl)cc4)cc3c3cc(-c4ccc(Cl)cc4)ccc31)N=C[C@@H]1CCCN1C2=O. The van der Waals surface area contributed by atoms with Crippen molar-refractivity contribution >= 4 is 62.8 Å². The van der Waals surface area contributed by atoms with Gasteiger partial charge in [-0.15, -0.1) is 0 Å². The van der Waals surface area contributed by atoms with E-state index < -0.39 is 0 Å². The summed E-state index contributed by atoms with van der Waals surface area (Å²) < 4.78 is 14.3. The van der Waals surface area contributed by atoms with Gasteiger partial charge in [-0.1, -0.05) is 59.6 Å². The molecule has 0 unspecified atom stereocenters. The van der Waals surface area contributed by atoms with Gasteiger partial charge in [0, 0.05) is 57.2 Å². The molecule has 6 aromatic rings. The van der Waals surface area contributed by atoms with Gasteiger partial charge in [0.25, 0.3) is 5.91 Å². The summed E-state index contributed by atoms with van der Waals surface area (Å²) in [6.45, 7) is 1.97. The molecule has 1 amide bonds. The van der Waals surface area contributed by atoms with E-state index >= 15 is 0 Å². The van der Waals surface area contributed by atoms with E-state index in [1.165, 1.54) is 10.8 Å². The van der Waals surface area contributed by atoms with E-state index in [0.717, 1.165) is 75.7 Å². The van der Waals surface area contributed by atoms with Crippen molar-refractivity contribution in [1.82, 2.24) is 9.47 Å². The Kier molecular flexibility index (Phi) is 8.07. The molecule has 0 spiro atoms. The topological polar surface area (TPSA) is 56.1 Å². The van der Waals surface area contributed by atoms with Crippen LogP contribution in [-0.2, 0) is 6.54 Å². The van der Waals surface area contributed by atoms with Gasteiger partial charge in [0.1, 0.15) is 0 Å². The Balaban J connectivity index is 1.09. The van der Waals surface area contributed by atoms with Gasteiger partial charge < -0.3 is 18.9 Å². The fourth-order valence-electron chi connectivity index (χ4n) is 7.01. The van der Waals surface area contributed by atoms with E-state index in [2.05, 4.69) is 70.2 Å². The van der Waals surface area contributed by atoms with Crippen molar-refractivity contribution in [3.63, 3.8) is 0 Å². The number of carbonyl (C=O) groups excluding carboxylic acids is 1. The third-order valence-corrected chi connectivity index (χ3v) is 9.97. The zero-order valence-corrected chi connectivity index (χ0v) is 28.0. The van der Waals surface area contributed by atoms with E-state index in [0.29, 0.717) is 29.4 Å². The highest BCUT2D eigenvalue weighted by Gasteiger charge is 2.32. The molecule has 8 heteroatoms. The smallest absolute Gasteiger partial charge is 0.256 e. The Hall–Kier alpha value is -4.78. The fourth-order valence-corrected chi connectivity index (χ4v) is 7.27. The molecular weight excluding hydrogens is 641 g/mol. The maximum absolute atomic E-state index is 13.3. The second-order valence-corrected chi connectivity index (χ2v) is 13.2. The van der Waals surface area contributed by atoms with Gasteiger partial charge in [-0.3, -0.25) is 9.79 Å². The maximum atomic E-state index is 13.3. The van der Waals surface area contributed by atoms with Crippen molar-refractivity contribution in [1.29, 1.82) is 0 Å². The first-order valence-electron chi connectivity index (χ1n) is 16.2. The number of aromatic nitrogens is 1. The van der Waals surface area contributed by atoms with Crippen LogP contribution in [0.5, 0.6) is 11.5 Å². The average Bonchev–Trinajstić information content (AvgIpc) is 3.68. The molecule has 2 aliphatic rings. The molecule has 1 saturated heterocycles. The molecule has 0 N–H and O–H groups in total. The number of amides is 1. The highest BCUT2D eigenvalue weighted by atomic mass is 35.5. The van der Waals surface area contributed by atoms with Gasteiger partial charge in [-0.05, 0) is 96.1 Å². The van der Waals surface area contributed by atoms with E-state index in [1.807, 2.05) is 41.4 Å². The van der Waals surface area contributed by atoms with Gasteiger partial charge in [-0.25, -0.2) is 0 Å². The molecule has 8 rings (SSSR count). The Morgan fingerprint density at radius 3 is 1.98 bits per heavy atom. The molecule has 3 heterocycles. The highest BCUT2D eigenvalue weighted by molar-refractivity contribution is 6.31. The Labute approximate surface area is 289 Å². The number of aliphatic imine (C=N–C) groups is 1. The van der Waals surface area contributed by atoms with Crippen LogP contribution in [0.15, 0.2) is 102 Å². The van der Waals surface area contributed by atoms with Crippen molar-refractivity contribution in [2.24, 2.45) is 4.99 Å². The minimum atomic E-state index is -0.000321. The summed E-state index contributed by atoms with van der Waals surface area (Å²) in [5, 5.41) is 3.81. The number of hydrogen-bond acceptors (Lipinski definition) is 4. The van der Waals surface area contributed by atoms with Crippen LogP contribution in [-0.4, -0.2) is 47.9 Å². The van der Waals surface area contributed by atoms with Crippen LogP contribution in [0.3, 0.4) is 0 Å². The predicted molar refractivity (Wildman–Crippen MR) is 196 cm³/mol. The van der Waals surface area contributed by atoms with Gasteiger partial charge in [0.05, 0.1) is 31.0 Å². The zero-order chi connectivity index (χ0) is 32.8. The Morgan fingerprint density at radius 1 is 0.771 bits per heavy atom. The minimum Gasteiger partial charge on any atom is -0.493 e. The molecule has 48 heavy (non-hydrogen) atoms. The summed E-state index contributed by atoms with van der Waals surface area (Å²) in [5.41, 5.74) is 8.00. The van der Waals surface area contributed by atoms with Crippen molar-refractivity contribution in [2.75, 3.05) is 20.3 Å². The van der Waals surface area contributed by atoms with Crippen LogP contribution in [0.1, 0.15) is 29.6 Å². The molecule has 1 aromatic heterocycles. The van der Waals surface area contributed by atoms with Crippen LogP contribution >= 0.6 is 23.2 Å². The molecule has 2 aliphatic heterocycles. The molecule has 6 nitrogen and oxygen atoms in total. The first kappa shape index (κ1) is 30.5. The third kappa shape index (κ3) is 5.59. The van der Waals surface area contributed by atoms with Crippen LogP contribution in [0.25, 0.3) is 44.1 Å². The van der Waals surface area contributed by atoms with Crippen LogP contribution in [0, 0.1) is 0 Å². The van der Waals surface area contributed by atoms with Crippen LogP contribution in [0.2, 0.25) is 10.0 Å². The van der Waals surface area contributed by atoms with Crippen molar-refractivity contribution in [3.05, 3.63) is 113 Å². The number of hydrogen-bond donors (Lipinski definition) is 0. The van der Waals surface area contributed by atoms with Crippen molar-refractivity contribution < 1.29 is 14.3 Å². The molecule has 0 radical (unpaired) electrons. The quantitative estimate of drug-likeness (QED) is 0.151. The lowest BCUT2D eigenvalue weighted by molar-refractivity contribution is 0.0774. The number of rotatable bonds is 8. The zero-order valence-electron chi connectivity index (χ0n) is 26.5. The fraction of sp³-hybridized carbons (Fsp3) is 0.200. The monoisotopic (exact) mass is 673 g/mol. The molecular formula is C40H33Cl2N3O3. The molecule has 1 fully saturated rings. The summed E-state index contributed by atoms with van der Waals surface area (Å²) >= 11 is 12.4. The van der Waals surface area contributed by atoms with Crippen LogP contribution < -0.4 is 9.47 Å². The largest absolute Gasteiger partial charge is 0.493 e. The number of halogens is 2. The first-order valence-corrected chi connectivity index (χ1v) is 17.0. The number of methoxy groups -OCH3 is 1. The van der Waals surface area contributed by atoms with E-state index in [4.69, 9.17) is 32.7 Å². The lowest BCUT2D eigenvalue weighted by atomic mass is 10.0. The van der Waals surface area contributed by atoms with Gasteiger partial charge in [0.2, 0.25) is 0 Å². The van der Waals surface area contributed by atoms with E-state index in [9.17, 15) is 4.79 Å². The second kappa shape index (κ2) is 12.7. The maximum Gasteiger partial charge on any atom is 0.256 e. The lowest BCUT2D eigenvalue weighted by Crippen LogP contribution is -2.35. The lowest BCUT2D eigenvalue weighted by Gasteiger charge is -2.20. The van der Waals surface area contributed by atoms with E-state index in [-0.39, 0.29) is 11.9 Å². The molecule has 5 aromatic carbocycles. The normalized spacial score (nSPS) is 15.5. The molecule has 0 bridgehead atoms. The predicted octanol–water partition coefficient (Wildman–Crippen LogP) is 10.2. The van der Waals surface area contributed by atoms with Gasteiger partial charge >= 0.3 is 0 Å². The minimum absolute atomic E-state index is 0.000321. The van der Waals surface area contributed by atoms with Crippen molar-refractivity contribution in [2.45, 2.75) is 31.8 Å². The Morgan fingerprint density at radius 2 is 1.38 bits per heavy atom. The average molecular weight is 675 g/mol. The van der Waals surface area contributed by atoms with Crippen molar-refractivity contribution in [3.8, 4) is 33.8 Å². The number of nitrogens with zero attached hydrogens (tertiary/aromatic N) is 3. The third-order valence-electron chi connectivity index (χ3n) is 9.46. The summed E-state index contributed by atoms with van der Waals surface area (Å²) in [7, 11) is 1.60. The van der Waals surface area contributed by atoms with Gasteiger partial charge in [0.15, 0.2) is 11.5 Å². The number of carbonyl (C=O) groups is 1. The van der Waals surface area contributed by atoms with Gasteiger partial charge in [-0.2, -0.15) is 0 Å². The number of ether oxygens (including phenoxy) is 2. The standard InChI is InChI=1S/C40H33Cl2N3O3/c1-47-38-22-34-35(43-24-31-4-2-17-44(31)40(34)46)23-39(38)48-19-3-18-45-36-15-9-27(25-5-11-29(41)12-6-25)20-32(36)33-21-28(10-16-37(33)45)26-7-13-30(42)14-8-26/h5-16,20-24,31H,2-4,17-19H2,1H3/t31-/m0/s1. The molecule has 1 atom stereocenters. The number of aryl methyl sites for hydroxylation is 1. The second-order valence-electron chi connectivity index (χ2n) is 12.3.